The summed E-state index contributed by atoms with van der Waals surface area (Å²) in [6.45, 7) is 20.3. The number of amides is 1. The molecule has 0 aliphatic carbocycles. The number of hydrogen-bond donors (Lipinski definition) is 2. The van der Waals surface area contributed by atoms with E-state index < -0.39 is 54.5 Å². The standard InChI is InChI=1S/C33H65NO9/c1-10-14-18-37-23-26-28(38-19-15-11-2)29(39-20-16-12-3)30(40-21-17-13-4)31(42-26)41-22-25(27(35)24(5)6)34-32(36)43-33(7,8)9/h24-31,35H,10-23H2,1-9H3,(H,34,36)/t25-,26?,27+,28-,29?,30?,31-/m0/s1. The summed E-state index contributed by atoms with van der Waals surface area (Å²) in [5.74, 6) is -0.131. The first-order chi connectivity index (χ1) is 20.5. The Bertz CT molecular complexity index is 702. The van der Waals surface area contributed by atoms with Crippen molar-refractivity contribution in [3.63, 3.8) is 0 Å². The maximum absolute atomic E-state index is 12.7. The van der Waals surface area contributed by atoms with E-state index in [1.54, 1.807) is 20.8 Å². The van der Waals surface area contributed by atoms with Gasteiger partial charge in [0.25, 0.3) is 0 Å². The highest BCUT2D eigenvalue weighted by Gasteiger charge is 2.49. The van der Waals surface area contributed by atoms with Crippen LogP contribution in [-0.2, 0) is 33.2 Å². The molecule has 3 unspecified atom stereocenters. The average Bonchev–Trinajstić information content (AvgIpc) is 2.94. The molecule has 1 amide bonds. The molecule has 0 bridgehead atoms. The molecule has 0 spiro atoms. The van der Waals surface area contributed by atoms with Gasteiger partial charge in [0.2, 0.25) is 0 Å². The summed E-state index contributed by atoms with van der Waals surface area (Å²) in [5, 5.41) is 13.8. The van der Waals surface area contributed by atoms with Crippen LogP contribution in [0.5, 0.6) is 0 Å². The van der Waals surface area contributed by atoms with Gasteiger partial charge in [0.1, 0.15) is 30.0 Å². The Kier molecular flexibility index (Phi) is 20.9. The van der Waals surface area contributed by atoms with E-state index in [-0.39, 0.29) is 12.5 Å². The fourth-order valence-corrected chi connectivity index (χ4v) is 4.60. The first kappa shape index (κ1) is 40.0. The summed E-state index contributed by atoms with van der Waals surface area (Å²) in [4.78, 5) is 12.7. The van der Waals surface area contributed by atoms with Crippen molar-refractivity contribution < 1.29 is 43.1 Å². The zero-order chi connectivity index (χ0) is 32.3. The minimum atomic E-state index is -0.870. The molecule has 1 aliphatic rings. The molecule has 1 rings (SSSR count). The summed E-state index contributed by atoms with van der Waals surface area (Å²) in [6.07, 6.45) is 3.54. The zero-order valence-corrected chi connectivity index (χ0v) is 28.7. The Hall–Kier alpha value is -1.01. The molecule has 1 fully saturated rings. The molecule has 2 N–H and O–H groups in total. The van der Waals surface area contributed by atoms with Crippen LogP contribution in [0.15, 0.2) is 0 Å². The lowest BCUT2D eigenvalue weighted by Crippen LogP contribution is -2.62. The van der Waals surface area contributed by atoms with Crippen LogP contribution in [0.4, 0.5) is 4.79 Å². The monoisotopic (exact) mass is 619 g/mol. The van der Waals surface area contributed by atoms with Crippen molar-refractivity contribution >= 4 is 6.09 Å². The van der Waals surface area contributed by atoms with Gasteiger partial charge in [-0.1, -0.05) is 67.2 Å². The second kappa shape index (κ2) is 22.5. The van der Waals surface area contributed by atoms with Gasteiger partial charge < -0.3 is 43.6 Å². The number of aliphatic hydroxyl groups is 1. The second-order valence-electron chi connectivity index (χ2n) is 12.9. The van der Waals surface area contributed by atoms with Gasteiger partial charge in [-0.25, -0.2) is 4.79 Å². The van der Waals surface area contributed by atoms with Crippen LogP contribution < -0.4 is 5.32 Å². The molecule has 0 radical (unpaired) electrons. The van der Waals surface area contributed by atoms with E-state index in [0.717, 1.165) is 51.4 Å². The van der Waals surface area contributed by atoms with Crippen LogP contribution in [0, 0.1) is 5.92 Å². The fraction of sp³-hybridized carbons (Fsp3) is 0.970. The number of rotatable bonds is 23. The van der Waals surface area contributed by atoms with Crippen LogP contribution in [0.1, 0.15) is 114 Å². The molecule has 256 valence electrons. The van der Waals surface area contributed by atoms with E-state index in [0.29, 0.717) is 33.0 Å². The van der Waals surface area contributed by atoms with Crippen LogP contribution in [0.2, 0.25) is 0 Å². The van der Waals surface area contributed by atoms with Crippen LogP contribution in [-0.4, -0.2) is 99.3 Å². The fourth-order valence-electron chi connectivity index (χ4n) is 4.60. The van der Waals surface area contributed by atoms with Crippen molar-refractivity contribution in [1.82, 2.24) is 5.32 Å². The third kappa shape index (κ3) is 16.2. The van der Waals surface area contributed by atoms with Crippen molar-refractivity contribution in [3.8, 4) is 0 Å². The van der Waals surface area contributed by atoms with Gasteiger partial charge in [0, 0.05) is 26.4 Å². The smallest absolute Gasteiger partial charge is 0.408 e. The average molecular weight is 620 g/mol. The molecule has 0 aromatic heterocycles. The van der Waals surface area contributed by atoms with Crippen molar-refractivity contribution in [2.75, 3.05) is 39.6 Å². The van der Waals surface area contributed by atoms with Gasteiger partial charge in [0.05, 0.1) is 25.4 Å². The van der Waals surface area contributed by atoms with Gasteiger partial charge in [-0.3, -0.25) is 0 Å². The molecule has 0 aromatic carbocycles. The molecule has 1 heterocycles. The van der Waals surface area contributed by atoms with Crippen LogP contribution in [0.3, 0.4) is 0 Å². The normalized spacial score (nSPS) is 24.2. The second-order valence-corrected chi connectivity index (χ2v) is 12.9. The number of carbonyl (C=O) groups is 1. The van der Waals surface area contributed by atoms with Gasteiger partial charge in [0.15, 0.2) is 6.29 Å². The van der Waals surface area contributed by atoms with Crippen LogP contribution in [0.25, 0.3) is 0 Å². The molecule has 7 atom stereocenters. The Morgan fingerprint density at radius 2 is 1.30 bits per heavy atom. The maximum Gasteiger partial charge on any atom is 0.408 e. The maximum atomic E-state index is 12.7. The van der Waals surface area contributed by atoms with E-state index in [9.17, 15) is 9.90 Å². The molecule has 43 heavy (non-hydrogen) atoms. The lowest BCUT2D eigenvalue weighted by atomic mass is 9.97. The number of alkyl carbamates (subject to hydrolysis) is 1. The van der Waals surface area contributed by atoms with Gasteiger partial charge >= 0.3 is 6.09 Å². The van der Waals surface area contributed by atoms with Crippen molar-refractivity contribution in [1.29, 1.82) is 0 Å². The van der Waals surface area contributed by atoms with E-state index in [2.05, 4.69) is 33.0 Å². The highest BCUT2D eigenvalue weighted by molar-refractivity contribution is 5.68. The highest BCUT2D eigenvalue weighted by atomic mass is 16.7. The zero-order valence-electron chi connectivity index (χ0n) is 28.7. The van der Waals surface area contributed by atoms with E-state index >= 15 is 0 Å². The molecule has 0 aromatic rings. The molecule has 1 saturated heterocycles. The van der Waals surface area contributed by atoms with E-state index in [1.165, 1.54) is 0 Å². The van der Waals surface area contributed by atoms with Crippen molar-refractivity contribution in [2.24, 2.45) is 5.92 Å². The first-order valence-corrected chi connectivity index (χ1v) is 16.9. The molecule has 10 heteroatoms. The largest absolute Gasteiger partial charge is 0.444 e. The highest BCUT2D eigenvalue weighted by Crippen LogP contribution is 2.30. The Balaban J connectivity index is 3.30. The predicted molar refractivity (Wildman–Crippen MR) is 168 cm³/mol. The van der Waals surface area contributed by atoms with Crippen molar-refractivity contribution in [3.05, 3.63) is 0 Å². The lowest BCUT2D eigenvalue weighted by Gasteiger charge is -2.46. The van der Waals surface area contributed by atoms with Crippen molar-refractivity contribution in [2.45, 2.75) is 162 Å². The minimum absolute atomic E-state index is 0.0106. The SMILES string of the molecule is CCCCOCC1O[C@H](OC[C@H](NC(=O)OC(C)(C)C)[C@H](O)C(C)C)C(OCCCC)C(OCCCC)[C@H]1OCCCC. The minimum Gasteiger partial charge on any atom is -0.444 e. The van der Waals surface area contributed by atoms with Gasteiger partial charge in [-0.05, 0) is 52.4 Å². The number of ether oxygens (including phenoxy) is 7. The third-order valence-electron chi connectivity index (χ3n) is 7.18. The number of carbonyl (C=O) groups excluding carboxylic acids is 1. The van der Waals surface area contributed by atoms with E-state index in [4.69, 9.17) is 33.2 Å². The first-order valence-electron chi connectivity index (χ1n) is 16.9. The van der Waals surface area contributed by atoms with Gasteiger partial charge in [-0.2, -0.15) is 0 Å². The molecular weight excluding hydrogens is 554 g/mol. The van der Waals surface area contributed by atoms with E-state index in [1.807, 2.05) is 13.8 Å². The summed E-state index contributed by atoms with van der Waals surface area (Å²) in [6, 6.07) is -0.730. The summed E-state index contributed by atoms with van der Waals surface area (Å²) < 4.78 is 43.8. The third-order valence-corrected chi connectivity index (χ3v) is 7.18. The summed E-state index contributed by atoms with van der Waals surface area (Å²) >= 11 is 0. The Morgan fingerprint density at radius 3 is 1.81 bits per heavy atom. The molecule has 10 nitrogen and oxygen atoms in total. The molecule has 1 aliphatic heterocycles. The summed E-state index contributed by atoms with van der Waals surface area (Å²) in [5.41, 5.74) is -0.677. The Morgan fingerprint density at radius 1 is 0.791 bits per heavy atom. The topological polar surface area (TPSA) is 114 Å². The number of aliphatic hydroxyl groups excluding tert-OH is 1. The predicted octanol–water partition coefficient (Wildman–Crippen LogP) is 6.01. The van der Waals surface area contributed by atoms with Gasteiger partial charge in [-0.15, -0.1) is 0 Å². The molecular formula is C33H65NO9. The number of nitrogens with one attached hydrogen (secondary N) is 1. The lowest BCUT2D eigenvalue weighted by molar-refractivity contribution is -0.325. The quantitative estimate of drug-likeness (QED) is 0.133. The number of unbranched alkanes of at least 4 members (excludes halogenated alkanes) is 4. The Labute approximate surface area is 262 Å². The number of hydrogen-bond acceptors (Lipinski definition) is 9. The summed E-state index contributed by atoms with van der Waals surface area (Å²) in [7, 11) is 0. The van der Waals surface area contributed by atoms with Crippen LogP contribution >= 0.6 is 0 Å². The molecule has 0 saturated carbocycles.